The number of aromatic nitrogens is 1. The van der Waals surface area contributed by atoms with E-state index in [1.165, 1.54) is 11.3 Å². The summed E-state index contributed by atoms with van der Waals surface area (Å²) in [4.78, 5) is 3.95. The van der Waals surface area contributed by atoms with E-state index < -0.39 is 6.10 Å². The Morgan fingerprint density at radius 3 is 3.10 bits per heavy atom. The van der Waals surface area contributed by atoms with Crippen LogP contribution in [-0.4, -0.2) is 16.6 Å². The first-order valence-corrected chi connectivity index (χ1v) is 4.05. The third-order valence-electron chi connectivity index (χ3n) is 1.23. The van der Waals surface area contributed by atoms with Crippen molar-refractivity contribution in [2.75, 3.05) is 6.54 Å². The first-order valence-electron chi connectivity index (χ1n) is 3.11. The van der Waals surface area contributed by atoms with Crippen LogP contribution in [0.25, 0.3) is 0 Å². The van der Waals surface area contributed by atoms with Crippen molar-refractivity contribution >= 4 is 11.3 Å². The monoisotopic (exact) mass is 158 g/mol. The lowest BCUT2D eigenvalue weighted by atomic mass is 10.2. The van der Waals surface area contributed by atoms with Gasteiger partial charge < -0.3 is 10.8 Å². The van der Waals surface area contributed by atoms with Crippen molar-refractivity contribution in [1.29, 1.82) is 0 Å². The highest BCUT2D eigenvalue weighted by molar-refractivity contribution is 7.07. The van der Waals surface area contributed by atoms with Crippen LogP contribution in [0.15, 0.2) is 10.9 Å². The summed E-state index contributed by atoms with van der Waals surface area (Å²) in [7, 11) is 0. The fourth-order valence-corrected chi connectivity index (χ4v) is 1.29. The van der Waals surface area contributed by atoms with Gasteiger partial charge in [-0.25, -0.2) is 4.98 Å². The maximum atomic E-state index is 9.27. The summed E-state index contributed by atoms with van der Waals surface area (Å²) >= 11 is 1.48. The maximum Gasteiger partial charge on any atom is 0.0980 e. The molecule has 1 rings (SSSR count). The molecule has 0 unspecified atom stereocenters. The standard InChI is InChI=1S/C6H10N2OS/c7-2-1-6(9)5-3-10-4-8-5/h3-4,6,9H,1-2,7H2/t6-/m1/s1. The molecule has 4 heteroatoms. The SMILES string of the molecule is NCC[C@@H](O)c1cscn1. The second kappa shape index (κ2) is 3.65. The molecule has 1 aromatic rings. The topological polar surface area (TPSA) is 59.1 Å². The molecule has 0 aliphatic heterocycles. The van der Waals surface area contributed by atoms with Crippen LogP contribution in [0.1, 0.15) is 18.2 Å². The first kappa shape index (κ1) is 7.65. The van der Waals surface area contributed by atoms with Crippen molar-refractivity contribution in [2.45, 2.75) is 12.5 Å². The Labute approximate surface area is 63.5 Å². The van der Waals surface area contributed by atoms with Crippen molar-refractivity contribution < 1.29 is 5.11 Å². The average molecular weight is 158 g/mol. The molecule has 0 aliphatic rings. The van der Waals surface area contributed by atoms with Gasteiger partial charge in [-0.1, -0.05) is 0 Å². The number of thiazole rings is 1. The molecular formula is C6H10N2OS. The van der Waals surface area contributed by atoms with Gasteiger partial charge in [0.15, 0.2) is 0 Å². The fraction of sp³-hybridized carbons (Fsp3) is 0.500. The maximum absolute atomic E-state index is 9.27. The molecule has 3 nitrogen and oxygen atoms in total. The predicted molar refractivity (Wildman–Crippen MR) is 40.7 cm³/mol. The molecule has 0 amide bonds. The van der Waals surface area contributed by atoms with Crippen molar-refractivity contribution in [3.05, 3.63) is 16.6 Å². The van der Waals surface area contributed by atoms with E-state index in [1.54, 1.807) is 5.51 Å². The zero-order valence-corrected chi connectivity index (χ0v) is 6.34. The van der Waals surface area contributed by atoms with E-state index in [1.807, 2.05) is 5.38 Å². The van der Waals surface area contributed by atoms with Gasteiger partial charge in [0.1, 0.15) is 0 Å². The minimum Gasteiger partial charge on any atom is -0.387 e. The van der Waals surface area contributed by atoms with Crippen molar-refractivity contribution in [3.63, 3.8) is 0 Å². The summed E-state index contributed by atoms with van der Waals surface area (Å²) in [5, 5.41) is 11.1. The van der Waals surface area contributed by atoms with E-state index in [2.05, 4.69) is 4.98 Å². The Bertz CT molecular complexity index is 176. The third kappa shape index (κ3) is 1.76. The minimum absolute atomic E-state index is 0.476. The molecule has 1 atom stereocenters. The van der Waals surface area contributed by atoms with Crippen LogP contribution >= 0.6 is 11.3 Å². The average Bonchev–Trinajstić information content (AvgIpc) is 2.38. The van der Waals surface area contributed by atoms with E-state index in [-0.39, 0.29) is 0 Å². The van der Waals surface area contributed by atoms with Crippen molar-refractivity contribution in [1.82, 2.24) is 4.98 Å². The van der Waals surface area contributed by atoms with Gasteiger partial charge in [-0.2, -0.15) is 0 Å². The summed E-state index contributed by atoms with van der Waals surface area (Å²) < 4.78 is 0. The molecular weight excluding hydrogens is 148 g/mol. The number of aliphatic hydroxyl groups excluding tert-OH is 1. The van der Waals surface area contributed by atoms with Gasteiger partial charge >= 0.3 is 0 Å². The lowest BCUT2D eigenvalue weighted by Gasteiger charge is -2.03. The quantitative estimate of drug-likeness (QED) is 0.674. The fourth-order valence-electron chi connectivity index (χ4n) is 0.692. The number of rotatable bonds is 3. The van der Waals surface area contributed by atoms with E-state index >= 15 is 0 Å². The van der Waals surface area contributed by atoms with Crippen molar-refractivity contribution in [3.8, 4) is 0 Å². The second-order valence-electron chi connectivity index (χ2n) is 2.01. The lowest BCUT2D eigenvalue weighted by Crippen LogP contribution is -2.06. The molecule has 0 saturated heterocycles. The predicted octanol–water partition coefficient (Wildman–Crippen LogP) is 0.525. The zero-order valence-electron chi connectivity index (χ0n) is 5.53. The summed E-state index contributed by atoms with van der Waals surface area (Å²) in [5.74, 6) is 0. The Hall–Kier alpha value is -0.450. The van der Waals surface area contributed by atoms with Gasteiger partial charge in [-0.15, -0.1) is 11.3 Å². The van der Waals surface area contributed by atoms with Crippen LogP contribution in [0, 0.1) is 0 Å². The van der Waals surface area contributed by atoms with Crippen LogP contribution in [0.4, 0.5) is 0 Å². The molecule has 0 bridgehead atoms. The second-order valence-corrected chi connectivity index (χ2v) is 2.73. The van der Waals surface area contributed by atoms with Crippen LogP contribution in [-0.2, 0) is 0 Å². The summed E-state index contributed by atoms with van der Waals surface area (Å²) in [6.07, 6.45) is 0.111. The van der Waals surface area contributed by atoms with Crippen molar-refractivity contribution in [2.24, 2.45) is 5.73 Å². The summed E-state index contributed by atoms with van der Waals surface area (Å²) in [5.41, 5.74) is 7.69. The van der Waals surface area contributed by atoms with Gasteiger partial charge in [0.05, 0.1) is 17.3 Å². The molecule has 0 aromatic carbocycles. The van der Waals surface area contributed by atoms with Gasteiger partial charge in [-0.05, 0) is 13.0 Å². The van der Waals surface area contributed by atoms with Gasteiger partial charge in [0.25, 0.3) is 0 Å². The number of nitrogens with zero attached hydrogens (tertiary/aromatic N) is 1. The summed E-state index contributed by atoms with van der Waals surface area (Å²) in [6.45, 7) is 0.499. The Balaban J connectivity index is 2.50. The largest absolute Gasteiger partial charge is 0.387 e. The molecule has 0 fully saturated rings. The highest BCUT2D eigenvalue weighted by Gasteiger charge is 2.06. The smallest absolute Gasteiger partial charge is 0.0980 e. The highest BCUT2D eigenvalue weighted by Crippen LogP contribution is 2.14. The van der Waals surface area contributed by atoms with Crippen LogP contribution in [0.2, 0.25) is 0 Å². The third-order valence-corrected chi connectivity index (χ3v) is 1.84. The number of hydrogen-bond donors (Lipinski definition) is 2. The Kier molecular flexibility index (Phi) is 2.80. The number of nitrogens with two attached hydrogens (primary N) is 1. The molecule has 56 valence electrons. The van der Waals surface area contributed by atoms with Gasteiger partial charge in [0, 0.05) is 5.38 Å². The normalized spacial score (nSPS) is 13.4. The van der Waals surface area contributed by atoms with Crippen LogP contribution in [0.5, 0.6) is 0 Å². The molecule has 3 N–H and O–H groups in total. The first-order chi connectivity index (χ1) is 4.84. The van der Waals surface area contributed by atoms with Crippen LogP contribution in [0.3, 0.4) is 0 Å². The molecule has 0 radical (unpaired) electrons. The Morgan fingerprint density at radius 2 is 2.60 bits per heavy atom. The zero-order chi connectivity index (χ0) is 7.40. The van der Waals surface area contributed by atoms with Gasteiger partial charge in [0.2, 0.25) is 0 Å². The molecule has 10 heavy (non-hydrogen) atoms. The minimum atomic E-state index is -0.476. The number of hydrogen-bond acceptors (Lipinski definition) is 4. The van der Waals surface area contributed by atoms with E-state index in [4.69, 9.17) is 5.73 Å². The van der Waals surface area contributed by atoms with Crippen LogP contribution < -0.4 is 5.73 Å². The molecule has 0 spiro atoms. The molecule has 0 saturated carbocycles. The highest BCUT2D eigenvalue weighted by atomic mass is 32.1. The Morgan fingerprint density at radius 1 is 1.80 bits per heavy atom. The van der Waals surface area contributed by atoms with E-state index in [9.17, 15) is 5.11 Å². The molecule has 0 aliphatic carbocycles. The van der Waals surface area contributed by atoms with E-state index in [0.717, 1.165) is 5.69 Å². The van der Waals surface area contributed by atoms with E-state index in [0.29, 0.717) is 13.0 Å². The lowest BCUT2D eigenvalue weighted by molar-refractivity contribution is 0.166. The number of aliphatic hydroxyl groups is 1. The molecule has 1 aromatic heterocycles. The molecule has 1 heterocycles. The summed E-state index contributed by atoms with van der Waals surface area (Å²) in [6, 6.07) is 0. The van der Waals surface area contributed by atoms with Gasteiger partial charge in [-0.3, -0.25) is 0 Å².